The number of hydrogen-bond donors (Lipinski definition) is 2. The van der Waals surface area contributed by atoms with Gasteiger partial charge in [0.25, 0.3) is 0 Å². The lowest BCUT2D eigenvalue weighted by Crippen LogP contribution is -2.44. The molecule has 20 heavy (non-hydrogen) atoms. The maximum atomic E-state index is 12.3. The van der Waals surface area contributed by atoms with Crippen LogP contribution in [0.2, 0.25) is 0 Å². The average Bonchev–Trinajstić information content (AvgIpc) is 2.99. The zero-order chi connectivity index (χ0) is 14.6. The fourth-order valence-corrected chi connectivity index (χ4v) is 3.90. The zero-order valence-electron chi connectivity index (χ0n) is 11.1. The second-order valence-corrected chi connectivity index (χ2v) is 6.74. The lowest BCUT2D eigenvalue weighted by Gasteiger charge is -2.22. The first kappa shape index (κ1) is 14.9. The Morgan fingerprint density at radius 1 is 1.45 bits per heavy atom. The first-order valence-electron chi connectivity index (χ1n) is 6.64. The Morgan fingerprint density at radius 2 is 2.15 bits per heavy atom. The van der Waals surface area contributed by atoms with Crippen molar-refractivity contribution in [3.63, 3.8) is 0 Å². The molecule has 0 aliphatic heterocycles. The number of rotatable bonds is 5. The Bertz CT molecular complexity index is 603. The maximum absolute atomic E-state index is 12.3. The van der Waals surface area contributed by atoms with Gasteiger partial charge in [0.2, 0.25) is 10.0 Å². The van der Waals surface area contributed by atoms with Crippen LogP contribution in [-0.4, -0.2) is 26.0 Å². The lowest BCUT2D eigenvalue weighted by atomic mass is 9.99. The van der Waals surface area contributed by atoms with Crippen molar-refractivity contribution < 1.29 is 8.42 Å². The van der Waals surface area contributed by atoms with Gasteiger partial charge in [0, 0.05) is 25.0 Å². The van der Waals surface area contributed by atoms with Crippen LogP contribution < -0.4 is 10.5 Å². The third-order valence-corrected chi connectivity index (χ3v) is 5.14. The van der Waals surface area contributed by atoms with Crippen LogP contribution in [0.4, 0.5) is 0 Å². The van der Waals surface area contributed by atoms with E-state index in [1.807, 2.05) is 6.07 Å². The molecular weight excluding hydrogens is 276 g/mol. The van der Waals surface area contributed by atoms with E-state index in [-0.39, 0.29) is 23.0 Å². The molecule has 6 nitrogen and oxygen atoms in total. The summed E-state index contributed by atoms with van der Waals surface area (Å²) in [5.74, 6) is 0.293. The molecule has 108 valence electrons. The van der Waals surface area contributed by atoms with Gasteiger partial charge in [-0.2, -0.15) is 5.26 Å². The van der Waals surface area contributed by atoms with Gasteiger partial charge in [-0.15, -0.1) is 0 Å². The van der Waals surface area contributed by atoms with Crippen LogP contribution in [0.15, 0.2) is 23.4 Å². The first-order valence-corrected chi connectivity index (χ1v) is 8.12. The van der Waals surface area contributed by atoms with Crippen molar-refractivity contribution in [2.24, 2.45) is 11.7 Å². The summed E-state index contributed by atoms with van der Waals surface area (Å²) in [5, 5.41) is 8.80. The summed E-state index contributed by atoms with van der Waals surface area (Å²) >= 11 is 0. The number of nitrogens with one attached hydrogen (secondary N) is 1. The zero-order valence-corrected chi connectivity index (χ0v) is 11.9. The molecule has 2 rings (SSSR count). The monoisotopic (exact) mass is 294 g/mol. The molecule has 0 bridgehead atoms. The van der Waals surface area contributed by atoms with Crippen molar-refractivity contribution in [1.29, 1.82) is 5.26 Å². The summed E-state index contributed by atoms with van der Waals surface area (Å²) in [6, 6.07) is 2.94. The minimum atomic E-state index is -3.69. The summed E-state index contributed by atoms with van der Waals surface area (Å²) in [6.07, 6.45) is 6.81. The predicted octanol–water partition coefficient (Wildman–Crippen LogP) is 0.749. The van der Waals surface area contributed by atoms with E-state index in [9.17, 15) is 8.42 Å². The normalized spacial score (nSPS) is 17.8. The van der Waals surface area contributed by atoms with Gasteiger partial charge in [-0.05, 0) is 24.8 Å². The Balaban J connectivity index is 2.18. The molecule has 1 aliphatic carbocycles. The molecule has 3 N–H and O–H groups in total. The number of nitrogens with zero attached hydrogens (tertiary/aromatic N) is 2. The van der Waals surface area contributed by atoms with Crippen LogP contribution in [0, 0.1) is 17.2 Å². The third-order valence-electron chi connectivity index (χ3n) is 3.68. The Hall–Kier alpha value is -1.49. The van der Waals surface area contributed by atoms with Crippen LogP contribution in [-0.2, 0) is 10.0 Å². The van der Waals surface area contributed by atoms with Gasteiger partial charge in [0.1, 0.15) is 11.0 Å². The van der Waals surface area contributed by atoms with Crippen LogP contribution in [0.25, 0.3) is 0 Å². The standard InChI is InChI=1S/C13H18N4O2S/c14-6-10-5-12(9-16-8-10)20(18,19)17-13(7-15)11-3-1-2-4-11/h5,8-9,11,13,17H,1-4,7,15H2. The predicted molar refractivity (Wildman–Crippen MR) is 74.1 cm³/mol. The number of hydrogen-bond acceptors (Lipinski definition) is 5. The molecule has 7 heteroatoms. The Labute approximate surface area is 119 Å². The van der Waals surface area contributed by atoms with Crippen molar-refractivity contribution in [2.75, 3.05) is 6.54 Å². The van der Waals surface area contributed by atoms with Crippen molar-refractivity contribution in [3.05, 3.63) is 24.0 Å². The largest absolute Gasteiger partial charge is 0.329 e. The van der Waals surface area contributed by atoms with E-state index in [0.29, 0.717) is 5.92 Å². The van der Waals surface area contributed by atoms with Crippen molar-refractivity contribution in [2.45, 2.75) is 36.6 Å². The van der Waals surface area contributed by atoms with Gasteiger partial charge in [-0.3, -0.25) is 4.98 Å². The van der Waals surface area contributed by atoms with Gasteiger partial charge < -0.3 is 5.73 Å². The SMILES string of the molecule is N#Cc1cncc(S(=O)(=O)NC(CN)C2CCCC2)c1. The van der Waals surface area contributed by atoms with E-state index >= 15 is 0 Å². The van der Waals surface area contributed by atoms with E-state index in [1.54, 1.807) is 0 Å². The summed E-state index contributed by atoms with van der Waals surface area (Å²) < 4.78 is 27.3. The molecule has 0 radical (unpaired) electrons. The van der Waals surface area contributed by atoms with Gasteiger partial charge in [-0.1, -0.05) is 12.8 Å². The van der Waals surface area contributed by atoms with Gasteiger partial charge in [-0.25, -0.2) is 13.1 Å². The first-order chi connectivity index (χ1) is 9.56. The smallest absolute Gasteiger partial charge is 0.242 e. The highest BCUT2D eigenvalue weighted by molar-refractivity contribution is 7.89. The second kappa shape index (κ2) is 6.31. The topological polar surface area (TPSA) is 109 Å². The number of nitriles is 1. The summed E-state index contributed by atoms with van der Waals surface area (Å²) in [5.41, 5.74) is 5.92. The van der Waals surface area contributed by atoms with E-state index in [4.69, 9.17) is 11.0 Å². The molecule has 1 aliphatic rings. The molecule has 0 saturated heterocycles. The highest BCUT2D eigenvalue weighted by Gasteiger charge is 2.28. The summed E-state index contributed by atoms with van der Waals surface area (Å²) in [7, 11) is -3.69. The molecule has 0 spiro atoms. The molecule has 1 atom stereocenters. The lowest BCUT2D eigenvalue weighted by molar-refractivity contribution is 0.405. The molecule has 1 aromatic heterocycles. The van der Waals surface area contributed by atoms with Gasteiger partial charge in [0.05, 0.1) is 5.56 Å². The number of aromatic nitrogens is 1. The van der Waals surface area contributed by atoms with Crippen LogP contribution in [0.3, 0.4) is 0 Å². The van der Waals surface area contributed by atoms with Crippen molar-refractivity contribution >= 4 is 10.0 Å². The van der Waals surface area contributed by atoms with Crippen LogP contribution in [0.1, 0.15) is 31.2 Å². The van der Waals surface area contributed by atoms with E-state index in [2.05, 4.69) is 9.71 Å². The van der Waals surface area contributed by atoms with Gasteiger partial charge in [0.15, 0.2) is 0 Å². The quantitative estimate of drug-likeness (QED) is 0.833. The van der Waals surface area contributed by atoms with Crippen LogP contribution >= 0.6 is 0 Å². The molecule has 0 amide bonds. The molecule has 1 saturated carbocycles. The molecule has 1 unspecified atom stereocenters. The second-order valence-electron chi connectivity index (χ2n) is 5.03. The average molecular weight is 294 g/mol. The third kappa shape index (κ3) is 3.33. The highest BCUT2D eigenvalue weighted by atomic mass is 32.2. The Morgan fingerprint density at radius 3 is 2.75 bits per heavy atom. The molecule has 1 aromatic rings. The van der Waals surface area contributed by atoms with Crippen LogP contribution in [0.5, 0.6) is 0 Å². The molecule has 1 heterocycles. The van der Waals surface area contributed by atoms with E-state index in [0.717, 1.165) is 25.7 Å². The highest BCUT2D eigenvalue weighted by Crippen LogP contribution is 2.28. The fourth-order valence-electron chi connectivity index (χ4n) is 2.59. The minimum Gasteiger partial charge on any atom is -0.329 e. The van der Waals surface area contributed by atoms with E-state index in [1.165, 1.54) is 18.5 Å². The number of pyridine rings is 1. The molecule has 1 fully saturated rings. The van der Waals surface area contributed by atoms with Gasteiger partial charge >= 0.3 is 0 Å². The van der Waals surface area contributed by atoms with Crippen molar-refractivity contribution in [1.82, 2.24) is 9.71 Å². The molecule has 0 aromatic carbocycles. The Kier molecular flexibility index (Phi) is 4.70. The summed E-state index contributed by atoms with van der Waals surface area (Å²) in [6.45, 7) is 0.273. The van der Waals surface area contributed by atoms with Crippen molar-refractivity contribution in [3.8, 4) is 6.07 Å². The minimum absolute atomic E-state index is 0.00740. The number of nitrogens with two attached hydrogens (primary N) is 1. The van der Waals surface area contributed by atoms with E-state index < -0.39 is 10.0 Å². The summed E-state index contributed by atoms with van der Waals surface area (Å²) in [4.78, 5) is 3.79. The number of sulfonamides is 1. The molecular formula is C13H18N4O2S. The maximum Gasteiger partial charge on any atom is 0.242 e. The fraction of sp³-hybridized carbons (Fsp3) is 0.538.